The van der Waals surface area contributed by atoms with Crippen LogP contribution in [-0.4, -0.2) is 32.8 Å². The van der Waals surface area contributed by atoms with Crippen LogP contribution in [-0.2, 0) is 21.5 Å². The number of Topliss-reactive ketones (excluding diaryl/α,β-unsaturated/α-hetero) is 1. The van der Waals surface area contributed by atoms with E-state index in [1.54, 1.807) is 0 Å². The van der Waals surface area contributed by atoms with E-state index >= 15 is 0 Å². The largest absolute Gasteiger partial charge is 0.534 e. The van der Waals surface area contributed by atoms with Gasteiger partial charge in [0.1, 0.15) is 23.7 Å². The molecule has 0 amide bonds. The summed E-state index contributed by atoms with van der Waals surface area (Å²) in [5.41, 5.74) is -5.45. The van der Waals surface area contributed by atoms with Gasteiger partial charge in [-0.05, 0) is 42.7 Å². The Morgan fingerprint density at radius 1 is 1.21 bits per heavy atom. The maximum absolute atomic E-state index is 12.9. The molecule has 0 saturated carbocycles. The summed E-state index contributed by atoms with van der Waals surface area (Å²) in [5, 5.41) is 0. The van der Waals surface area contributed by atoms with E-state index in [4.69, 9.17) is 14.2 Å². The number of halogens is 3. The maximum Gasteiger partial charge on any atom is 0.534 e. The Bertz CT molecular complexity index is 1250. The van der Waals surface area contributed by atoms with E-state index in [2.05, 4.69) is 4.18 Å². The molecule has 0 bridgehead atoms. The number of carbonyl (C=O) groups is 2. The molecule has 0 aliphatic carbocycles. The minimum atomic E-state index is -6.01. The molecular weight excluding hydrogens is 481 g/mol. The number of hydrogen-bond acceptors (Lipinski definition) is 8. The third-order valence-electron chi connectivity index (χ3n) is 4.75. The van der Waals surface area contributed by atoms with Crippen LogP contribution < -0.4 is 13.7 Å². The first-order valence-electron chi connectivity index (χ1n) is 9.98. The molecule has 0 atom stereocenters. The number of ketones is 1. The van der Waals surface area contributed by atoms with Crippen molar-refractivity contribution in [3.63, 3.8) is 0 Å². The van der Waals surface area contributed by atoms with Crippen molar-refractivity contribution in [2.45, 2.75) is 39.3 Å². The Morgan fingerprint density at radius 3 is 2.47 bits per heavy atom. The molecule has 2 aromatic carbocycles. The zero-order valence-electron chi connectivity index (χ0n) is 18.6. The van der Waals surface area contributed by atoms with Gasteiger partial charge in [-0.25, -0.2) is 4.79 Å². The first-order valence-corrected chi connectivity index (χ1v) is 11.4. The summed E-state index contributed by atoms with van der Waals surface area (Å²) in [6.45, 7) is 4.69. The lowest BCUT2D eigenvalue weighted by atomic mass is 9.97. The molecular formula is C22H21F3O8S. The summed E-state index contributed by atoms with van der Waals surface area (Å²) in [6.07, 6.45) is 0.167. The standard InChI is InChI=1S/C22H21F3O8S/c1-11(2)7-15(26)14-5-6-16-18(20(14)30-4)21(27)31-10-13-8-12(3)9-17(19(13)32-16)33-34(28,29)22(23,24)25/h5-6,8-9,11H,7,10H2,1-4H3. The minimum Gasteiger partial charge on any atom is -0.495 e. The lowest BCUT2D eigenvalue weighted by Gasteiger charge is -2.23. The van der Waals surface area contributed by atoms with Gasteiger partial charge in [-0.3, -0.25) is 4.79 Å². The molecule has 0 spiro atoms. The third kappa shape index (κ3) is 4.96. The zero-order chi connectivity index (χ0) is 25.4. The number of aryl methyl sites for hydroxylation is 1. The molecule has 1 aliphatic heterocycles. The van der Waals surface area contributed by atoms with Crippen LogP contribution in [0.2, 0.25) is 0 Å². The van der Waals surface area contributed by atoms with Crippen molar-refractivity contribution in [1.29, 1.82) is 0 Å². The van der Waals surface area contributed by atoms with Crippen molar-refractivity contribution in [3.8, 4) is 23.0 Å². The number of rotatable bonds is 6. The van der Waals surface area contributed by atoms with E-state index in [9.17, 15) is 31.2 Å². The molecule has 0 unspecified atom stereocenters. The Morgan fingerprint density at radius 2 is 1.88 bits per heavy atom. The van der Waals surface area contributed by atoms with Crippen molar-refractivity contribution in [3.05, 3.63) is 46.5 Å². The summed E-state index contributed by atoms with van der Waals surface area (Å²) in [7, 11) is -4.78. The minimum absolute atomic E-state index is 0.0211. The maximum atomic E-state index is 12.9. The van der Waals surface area contributed by atoms with Crippen LogP contribution in [0.5, 0.6) is 23.0 Å². The van der Waals surface area contributed by atoms with Gasteiger partial charge in [0.15, 0.2) is 17.3 Å². The molecule has 184 valence electrons. The van der Waals surface area contributed by atoms with Crippen molar-refractivity contribution >= 4 is 21.9 Å². The number of benzene rings is 2. The zero-order valence-corrected chi connectivity index (χ0v) is 19.4. The van der Waals surface area contributed by atoms with Crippen molar-refractivity contribution < 1.29 is 49.6 Å². The lowest BCUT2D eigenvalue weighted by Crippen LogP contribution is -2.28. The normalized spacial score (nSPS) is 13.7. The van der Waals surface area contributed by atoms with E-state index in [-0.39, 0.29) is 46.3 Å². The Labute approximate surface area is 193 Å². The fourth-order valence-electron chi connectivity index (χ4n) is 3.34. The van der Waals surface area contributed by atoms with E-state index < -0.39 is 39.7 Å². The molecule has 1 aliphatic rings. The number of esters is 1. The number of alkyl halides is 3. The number of cyclic esters (lactones) is 1. The highest BCUT2D eigenvalue weighted by molar-refractivity contribution is 7.88. The van der Waals surface area contributed by atoms with E-state index in [0.717, 1.165) is 6.07 Å². The van der Waals surface area contributed by atoms with Gasteiger partial charge in [-0.1, -0.05) is 13.8 Å². The van der Waals surface area contributed by atoms with E-state index in [0.29, 0.717) is 5.56 Å². The topological polar surface area (TPSA) is 105 Å². The average Bonchev–Trinajstić information content (AvgIpc) is 2.70. The molecule has 0 saturated heterocycles. The second kappa shape index (κ2) is 9.16. The average molecular weight is 502 g/mol. The van der Waals surface area contributed by atoms with Crippen LogP contribution in [0.4, 0.5) is 13.2 Å². The molecule has 0 fully saturated rings. The molecule has 0 radical (unpaired) electrons. The highest BCUT2D eigenvalue weighted by atomic mass is 32.2. The van der Waals surface area contributed by atoms with Gasteiger partial charge in [0.05, 0.1) is 12.7 Å². The lowest BCUT2D eigenvalue weighted by molar-refractivity contribution is -0.0500. The van der Waals surface area contributed by atoms with E-state index in [1.165, 1.54) is 32.2 Å². The fourth-order valence-corrected chi connectivity index (χ4v) is 3.80. The fraction of sp³-hybridized carbons (Fsp3) is 0.364. The van der Waals surface area contributed by atoms with Crippen LogP contribution in [0, 0.1) is 12.8 Å². The quantitative estimate of drug-likeness (QED) is 0.237. The number of fused-ring (bicyclic) bond motifs is 2. The first kappa shape index (κ1) is 25.3. The summed E-state index contributed by atoms with van der Waals surface area (Å²) in [6, 6.07) is 5.09. The number of methoxy groups -OCH3 is 1. The van der Waals surface area contributed by atoms with Crippen LogP contribution in [0.3, 0.4) is 0 Å². The van der Waals surface area contributed by atoms with Gasteiger partial charge in [0.25, 0.3) is 0 Å². The molecule has 1 heterocycles. The third-order valence-corrected chi connectivity index (χ3v) is 5.72. The number of carbonyl (C=O) groups excluding carboxylic acids is 2. The number of hydrogen-bond donors (Lipinski definition) is 0. The molecule has 12 heteroatoms. The summed E-state index contributed by atoms with van der Waals surface area (Å²) < 4.78 is 82.7. The summed E-state index contributed by atoms with van der Waals surface area (Å²) in [5.74, 6) is -2.67. The van der Waals surface area contributed by atoms with Crippen molar-refractivity contribution in [2.75, 3.05) is 7.11 Å². The van der Waals surface area contributed by atoms with Gasteiger partial charge < -0.3 is 18.4 Å². The van der Waals surface area contributed by atoms with Gasteiger partial charge in [-0.15, -0.1) is 0 Å². The van der Waals surface area contributed by atoms with Crippen LogP contribution in [0.15, 0.2) is 24.3 Å². The summed E-state index contributed by atoms with van der Waals surface area (Å²) in [4.78, 5) is 25.5. The highest BCUT2D eigenvalue weighted by Crippen LogP contribution is 2.44. The van der Waals surface area contributed by atoms with E-state index in [1.807, 2.05) is 13.8 Å². The molecule has 34 heavy (non-hydrogen) atoms. The first-order chi connectivity index (χ1) is 15.7. The van der Waals surface area contributed by atoms with Crippen LogP contribution >= 0.6 is 0 Å². The molecule has 2 aromatic rings. The molecule has 3 rings (SSSR count). The monoisotopic (exact) mass is 502 g/mol. The van der Waals surface area contributed by atoms with Gasteiger partial charge in [0.2, 0.25) is 0 Å². The van der Waals surface area contributed by atoms with Gasteiger partial charge >= 0.3 is 21.6 Å². The highest BCUT2D eigenvalue weighted by Gasteiger charge is 2.49. The Balaban J connectivity index is 2.17. The summed E-state index contributed by atoms with van der Waals surface area (Å²) >= 11 is 0. The molecule has 8 nitrogen and oxygen atoms in total. The van der Waals surface area contributed by atoms with Crippen molar-refractivity contribution in [2.24, 2.45) is 5.92 Å². The van der Waals surface area contributed by atoms with Crippen molar-refractivity contribution in [1.82, 2.24) is 0 Å². The number of ether oxygens (including phenoxy) is 3. The van der Waals surface area contributed by atoms with Gasteiger partial charge in [-0.2, -0.15) is 21.6 Å². The SMILES string of the molecule is COc1c(C(=O)CC(C)C)ccc2c1C(=O)OCc1cc(C)cc(OS(=O)(=O)C(F)(F)F)c1O2. The van der Waals surface area contributed by atoms with Gasteiger partial charge in [0, 0.05) is 12.0 Å². The Hall–Kier alpha value is -3.28. The molecule has 0 aromatic heterocycles. The second-order valence-corrected chi connectivity index (χ2v) is 9.49. The second-order valence-electron chi connectivity index (χ2n) is 7.95. The smallest absolute Gasteiger partial charge is 0.495 e. The molecule has 0 N–H and O–H groups in total. The predicted octanol–water partition coefficient (Wildman–Crippen LogP) is 4.92. The van der Waals surface area contributed by atoms with Crippen LogP contribution in [0.25, 0.3) is 0 Å². The Kier molecular flexibility index (Phi) is 6.83. The predicted molar refractivity (Wildman–Crippen MR) is 113 cm³/mol. The van der Waals surface area contributed by atoms with Crippen LogP contribution in [0.1, 0.15) is 52.1 Å².